The Hall–Kier alpha value is -0.430. The molecule has 1 unspecified atom stereocenters. The second-order valence-electron chi connectivity index (χ2n) is 4.70. The van der Waals surface area contributed by atoms with Crippen LogP contribution in [0, 0.1) is 5.92 Å². The molecule has 0 aromatic heterocycles. The van der Waals surface area contributed by atoms with Crippen molar-refractivity contribution in [1.82, 2.24) is 9.62 Å². The summed E-state index contributed by atoms with van der Waals surface area (Å²) in [5, 5.41) is 0. The lowest BCUT2D eigenvalue weighted by molar-refractivity contribution is 0.394. The molecule has 0 aliphatic carbocycles. The van der Waals surface area contributed by atoms with Crippen LogP contribution in [0.3, 0.4) is 0 Å². The average molecular weight is 333 g/mol. The number of hydrogen-bond donors (Lipinski definition) is 1. The average Bonchev–Trinajstić information content (AvgIpc) is 2.73. The lowest BCUT2D eigenvalue weighted by Crippen LogP contribution is -2.30. The molecular formula is C12H17BrN2O2S. The van der Waals surface area contributed by atoms with E-state index in [-0.39, 0.29) is 0 Å². The Kier molecular flexibility index (Phi) is 4.42. The van der Waals surface area contributed by atoms with Crippen LogP contribution in [0.25, 0.3) is 0 Å². The molecule has 1 aliphatic rings. The lowest BCUT2D eigenvalue weighted by atomic mass is 10.1. The molecule has 2 rings (SSSR count). The molecule has 1 aliphatic heterocycles. The van der Waals surface area contributed by atoms with Gasteiger partial charge in [0.15, 0.2) is 0 Å². The number of nitrogens with zero attached hydrogens (tertiary/aromatic N) is 1. The third kappa shape index (κ3) is 3.32. The van der Waals surface area contributed by atoms with Gasteiger partial charge in [0, 0.05) is 17.6 Å². The maximum absolute atomic E-state index is 12.1. The van der Waals surface area contributed by atoms with Crippen molar-refractivity contribution >= 4 is 26.0 Å². The Morgan fingerprint density at radius 1 is 1.44 bits per heavy atom. The van der Waals surface area contributed by atoms with Crippen molar-refractivity contribution in [2.45, 2.75) is 11.3 Å². The Labute approximate surface area is 117 Å². The molecule has 100 valence electrons. The highest BCUT2D eigenvalue weighted by atomic mass is 79.9. The van der Waals surface area contributed by atoms with E-state index in [4.69, 9.17) is 0 Å². The zero-order valence-electron chi connectivity index (χ0n) is 10.3. The van der Waals surface area contributed by atoms with Crippen LogP contribution in [0.1, 0.15) is 6.42 Å². The van der Waals surface area contributed by atoms with Gasteiger partial charge < -0.3 is 4.90 Å². The molecule has 1 aromatic rings. The van der Waals surface area contributed by atoms with Crippen LogP contribution in [0.15, 0.2) is 33.6 Å². The highest BCUT2D eigenvalue weighted by Gasteiger charge is 2.23. The Morgan fingerprint density at radius 3 is 2.78 bits per heavy atom. The van der Waals surface area contributed by atoms with Gasteiger partial charge in [0.1, 0.15) is 0 Å². The Balaban J connectivity index is 2.02. The summed E-state index contributed by atoms with van der Waals surface area (Å²) >= 11 is 3.27. The van der Waals surface area contributed by atoms with Crippen molar-refractivity contribution in [2.24, 2.45) is 5.92 Å². The topological polar surface area (TPSA) is 49.4 Å². The largest absolute Gasteiger partial charge is 0.306 e. The zero-order valence-corrected chi connectivity index (χ0v) is 12.7. The molecule has 4 nitrogen and oxygen atoms in total. The summed E-state index contributed by atoms with van der Waals surface area (Å²) in [7, 11) is -1.35. The number of halogens is 1. The molecule has 0 saturated carbocycles. The molecule has 0 amide bonds. The fourth-order valence-corrected chi connectivity index (χ4v) is 4.28. The van der Waals surface area contributed by atoms with Crippen LogP contribution in [0.2, 0.25) is 0 Å². The molecule has 0 spiro atoms. The molecule has 18 heavy (non-hydrogen) atoms. The minimum Gasteiger partial charge on any atom is -0.306 e. The van der Waals surface area contributed by atoms with Crippen LogP contribution >= 0.6 is 15.9 Å². The summed E-state index contributed by atoms with van der Waals surface area (Å²) in [5.41, 5.74) is 0. The number of nitrogens with one attached hydrogen (secondary N) is 1. The van der Waals surface area contributed by atoms with E-state index in [1.54, 1.807) is 24.3 Å². The molecule has 1 aromatic carbocycles. The lowest BCUT2D eigenvalue weighted by Gasteiger charge is -2.12. The molecular weight excluding hydrogens is 316 g/mol. The summed E-state index contributed by atoms with van der Waals surface area (Å²) in [4.78, 5) is 2.52. The monoisotopic (exact) mass is 332 g/mol. The smallest absolute Gasteiger partial charge is 0.241 e. The summed E-state index contributed by atoms with van der Waals surface area (Å²) in [6, 6.07) is 6.86. The van der Waals surface area contributed by atoms with Gasteiger partial charge in [-0.1, -0.05) is 12.1 Å². The quantitative estimate of drug-likeness (QED) is 0.912. The third-order valence-corrected chi connectivity index (χ3v) is 5.61. The minimum absolute atomic E-state index is 0.302. The van der Waals surface area contributed by atoms with Gasteiger partial charge in [0.2, 0.25) is 10.0 Å². The van der Waals surface area contributed by atoms with Gasteiger partial charge in [0.25, 0.3) is 0 Å². The zero-order chi connectivity index (χ0) is 13.2. The normalized spacial score (nSPS) is 21.3. The molecule has 1 heterocycles. The van der Waals surface area contributed by atoms with Crippen molar-refractivity contribution in [3.05, 3.63) is 28.7 Å². The number of hydrogen-bond acceptors (Lipinski definition) is 3. The van der Waals surface area contributed by atoms with Crippen LogP contribution in [0.5, 0.6) is 0 Å². The van der Waals surface area contributed by atoms with Gasteiger partial charge in [-0.15, -0.1) is 0 Å². The third-order valence-electron chi connectivity index (χ3n) is 3.18. The van der Waals surface area contributed by atoms with Crippen molar-refractivity contribution in [3.8, 4) is 0 Å². The molecule has 0 bridgehead atoms. The second-order valence-corrected chi connectivity index (χ2v) is 7.29. The van der Waals surface area contributed by atoms with Crippen LogP contribution in [0.4, 0.5) is 0 Å². The van der Waals surface area contributed by atoms with Gasteiger partial charge in [-0.25, -0.2) is 13.1 Å². The molecule has 1 atom stereocenters. The number of likely N-dealkylation sites (tertiary alicyclic amines) is 1. The maximum atomic E-state index is 12.1. The van der Waals surface area contributed by atoms with Crippen molar-refractivity contribution in [2.75, 3.05) is 26.7 Å². The predicted octanol–water partition coefficient (Wildman–Crippen LogP) is 1.68. The van der Waals surface area contributed by atoms with Crippen LogP contribution < -0.4 is 4.72 Å². The van der Waals surface area contributed by atoms with E-state index >= 15 is 0 Å². The first kappa shape index (κ1) is 14.0. The van der Waals surface area contributed by atoms with E-state index in [0.717, 1.165) is 19.5 Å². The van der Waals surface area contributed by atoms with Gasteiger partial charge in [-0.3, -0.25) is 0 Å². The minimum atomic E-state index is -3.41. The fourth-order valence-electron chi connectivity index (χ4n) is 2.16. The number of benzene rings is 1. The molecule has 6 heteroatoms. The number of rotatable bonds is 4. The van der Waals surface area contributed by atoms with E-state index < -0.39 is 10.0 Å². The van der Waals surface area contributed by atoms with Gasteiger partial charge in [0.05, 0.1) is 4.90 Å². The van der Waals surface area contributed by atoms with Crippen LogP contribution in [-0.2, 0) is 10.0 Å². The van der Waals surface area contributed by atoms with E-state index in [2.05, 4.69) is 32.6 Å². The van der Waals surface area contributed by atoms with Crippen molar-refractivity contribution < 1.29 is 8.42 Å². The van der Waals surface area contributed by atoms with Crippen molar-refractivity contribution in [3.63, 3.8) is 0 Å². The van der Waals surface area contributed by atoms with E-state index in [1.807, 2.05) is 0 Å². The van der Waals surface area contributed by atoms with Gasteiger partial charge >= 0.3 is 0 Å². The summed E-state index contributed by atoms with van der Waals surface area (Å²) in [6.07, 6.45) is 1.05. The van der Waals surface area contributed by atoms with Gasteiger partial charge in [-0.2, -0.15) is 0 Å². The van der Waals surface area contributed by atoms with Gasteiger partial charge in [-0.05, 0) is 54.0 Å². The van der Waals surface area contributed by atoms with Crippen LogP contribution in [-0.4, -0.2) is 40.0 Å². The maximum Gasteiger partial charge on any atom is 0.241 e. The highest BCUT2D eigenvalue weighted by Crippen LogP contribution is 2.21. The van der Waals surface area contributed by atoms with E-state index in [1.165, 1.54) is 0 Å². The Bertz CT molecular complexity index is 519. The summed E-state index contributed by atoms with van der Waals surface area (Å²) < 4.78 is 27.6. The molecule has 1 saturated heterocycles. The summed E-state index contributed by atoms with van der Waals surface area (Å²) in [5.74, 6) is 0.410. The highest BCUT2D eigenvalue weighted by molar-refractivity contribution is 9.10. The first-order valence-electron chi connectivity index (χ1n) is 5.92. The molecule has 1 fully saturated rings. The predicted molar refractivity (Wildman–Crippen MR) is 74.9 cm³/mol. The van der Waals surface area contributed by atoms with Crippen molar-refractivity contribution in [1.29, 1.82) is 0 Å². The fraction of sp³-hybridized carbons (Fsp3) is 0.500. The second kappa shape index (κ2) is 5.69. The van der Waals surface area contributed by atoms with E-state index in [0.29, 0.717) is 21.8 Å². The SMILES string of the molecule is CN1CCC(CNS(=O)(=O)c2ccccc2Br)C1. The van der Waals surface area contributed by atoms with E-state index in [9.17, 15) is 8.42 Å². The Morgan fingerprint density at radius 2 is 2.17 bits per heavy atom. The standard InChI is InChI=1S/C12H17BrN2O2S/c1-15-7-6-10(9-15)8-14-18(16,17)12-5-3-2-4-11(12)13/h2-5,10,14H,6-9H2,1H3. The molecule has 1 N–H and O–H groups in total. The summed E-state index contributed by atoms with van der Waals surface area (Å²) in [6.45, 7) is 2.51. The first-order chi connectivity index (χ1) is 8.49. The first-order valence-corrected chi connectivity index (χ1v) is 8.19. The number of sulfonamides is 1. The molecule has 0 radical (unpaired) electrons.